The number of hydrogen-bond donors (Lipinski definition) is 2. The monoisotopic (exact) mass is 294 g/mol. The molecule has 1 aliphatic rings. The number of hydrogen-bond acceptors (Lipinski definition) is 5. The van der Waals surface area contributed by atoms with E-state index in [-0.39, 0.29) is 18.8 Å². The van der Waals surface area contributed by atoms with Crippen LogP contribution in [0.25, 0.3) is 0 Å². The molecule has 0 aliphatic heterocycles. The highest BCUT2D eigenvalue weighted by molar-refractivity contribution is 5.43. The first-order valence-electron chi connectivity index (χ1n) is 7.38. The summed E-state index contributed by atoms with van der Waals surface area (Å²) in [5, 5.41) is 20.7. The molecule has 1 aromatic rings. The Bertz CT molecular complexity index is 487. The molecule has 0 radical (unpaired) electrons. The smallest absolute Gasteiger partial charge is 0.270 e. The van der Waals surface area contributed by atoms with Crippen molar-refractivity contribution >= 4 is 5.69 Å². The van der Waals surface area contributed by atoms with Gasteiger partial charge in [-0.25, -0.2) is 0 Å². The van der Waals surface area contributed by atoms with Crippen LogP contribution >= 0.6 is 0 Å². The maximum atomic E-state index is 10.7. The summed E-state index contributed by atoms with van der Waals surface area (Å²) in [6.07, 6.45) is 5.11. The normalized spacial score (nSPS) is 16.9. The molecule has 0 heterocycles. The van der Waals surface area contributed by atoms with Gasteiger partial charge in [0.2, 0.25) is 0 Å². The minimum atomic E-state index is -0.506. The van der Waals surface area contributed by atoms with Gasteiger partial charge in [0.15, 0.2) is 0 Å². The van der Waals surface area contributed by atoms with E-state index in [2.05, 4.69) is 0 Å². The van der Waals surface area contributed by atoms with Gasteiger partial charge in [-0.3, -0.25) is 10.1 Å². The zero-order valence-corrected chi connectivity index (χ0v) is 12.0. The van der Waals surface area contributed by atoms with Crippen LogP contribution in [-0.2, 0) is 6.54 Å². The number of rotatable bonds is 7. The molecular formula is C15H22N2O4. The van der Waals surface area contributed by atoms with Crippen molar-refractivity contribution in [3.8, 4) is 5.75 Å². The second kappa shape index (κ2) is 7.38. The number of nitrogens with zero attached hydrogens (tertiary/aromatic N) is 1. The van der Waals surface area contributed by atoms with Crippen LogP contribution in [0.5, 0.6) is 5.75 Å². The van der Waals surface area contributed by atoms with E-state index in [1.54, 1.807) is 6.07 Å². The van der Waals surface area contributed by atoms with Crippen molar-refractivity contribution in [1.82, 2.24) is 0 Å². The summed E-state index contributed by atoms with van der Waals surface area (Å²) in [6, 6.07) is 4.35. The van der Waals surface area contributed by atoms with Crippen LogP contribution < -0.4 is 10.5 Å². The molecule has 21 heavy (non-hydrogen) atoms. The van der Waals surface area contributed by atoms with E-state index in [1.165, 1.54) is 37.8 Å². The predicted molar refractivity (Wildman–Crippen MR) is 79.1 cm³/mol. The summed E-state index contributed by atoms with van der Waals surface area (Å²) in [4.78, 5) is 10.3. The molecule has 2 rings (SSSR count). The van der Waals surface area contributed by atoms with E-state index < -0.39 is 11.0 Å². The Labute approximate surface area is 124 Å². The second-order valence-electron chi connectivity index (χ2n) is 5.60. The fourth-order valence-corrected chi connectivity index (χ4v) is 2.86. The average Bonchev–Trinajstić information content (AvgIpc) is 2.97. The Morgan fingerprint density at radius 2 is 2.14 bits per heavy atom. The SMILES string of the molecule is NCc1cc([N+](=O)[O-])ccc1OCC(O)CC1CCCC1. The van der Waals surface area contributed by atoms with Crippen molar-refractivity contribution in [2.24, 2.45) is 11.7 Å². The van der Waals surface area contributed by atoms with Gasteiger partial charge >= 0.3 is 0 Å². The Balaban J connectivity index is 1.90. The van der Waals surface area contributed by atoms with Crippen LogP contribution in [0.2, 0.25) is 0 Å². The molecule has 1 aromatic carbocycles. The lowest BCUT2D eigenvalue weighted by Crippen LogP contribution is -2.21. The average molecular weight is 294 g/mol. The highest BCUT2D eigenvalue weighted by atomic mass is 16.6. The molecule has 3 N–H and O–H groups in total. The molecule has 0 aromatic heterocycles. The lowest BCUT2D eigenvalue weighted by Gasteiger charge is -2.17. The van der Waals surface area contributed by atoms with Crippen molar-refractivity contribution < 1.29 is 14.8 Å². The zero-order valence-electron chi connectivity index (χ0n) is 12.0. The van der Waals surface area contributed by atoms with Crippen molar-refractivity contribution in [2.45, 2.75) is 44.8 Å². The Hall–Kier alpha value is -1.66. The number of aliphatic hydroxyl groups is 1. The van der Waals surface area contributed by atoms with E-state index in [0.29, 0.717) is 17.2 Å². The van der Waals surface area contributed by atoms with Crippen molar-refractivity contribution in [3.05, 3.63) is 33.9 Å². The van der Waals surface area contributed by atoms with Gasteiger partial charge in [-0.15, -0.1) is 0 Å². The predicted octanol–water partition coefficient (Wildman–Crippen LogP) is 2.37. The van der Waals surface area contributed by atoms with Gasteiger partial charge < -0.3 is 15.6 Å². The van der Waals surface area contributed by atoms with E-state index >= 15 is 0 Å². The van der Waals surface area contributed by atoms with Gasteiger partial charge in [0.05, 0.1) is 11.0 Å². The fraction of sp³-hybridized carbons (Fsp3) is 0.600. The van der Waals surface area contributed by atoms with Crippen LogP contribution in [0, 0.1) is 16.0 Å². The molecule has 0 bridgehead atoms. The van der Waals surface area contributed by atoms with E-state index in [9.17, 15) is 15.2 Å². The number of nitrogens with two attached hydrogens (primary N) is 1. The maximum Gasteiger partial charge on any atom is 0.270 e. The van der Waals surface area contributed by atoms with Crippen LogP contribution in [0.3, 0.4) is 0 Å². The van der Waals surface area contributed by atoms with Crippen LogP contribution in [0.4, 0.5) is 5.69 Å². The Kier molecular flexibility index (Phi) is 5.52. The first-order valence-corrected chi connectivity index (χ1v) is 7.38. The molecule has 116 valence electrons. The second-order valence-corrected chi connectivity index (χ2v) is 5.60. The topological polar surface area (TPSA) is 98.6 Å². The third kappa shape index (κ3) is 4.41. The number of aliphatic hydroxyl groups excluding tert-OH is 1. The summed E-state index contributed by atoms with van der Waals surface area (Å²) in [5.74, 6) is 1.10. The van der Waals surface area contributed by atoms with Crippen LogP contribution in [0.1, 0.15) is 37.7 Å². The summed E-state index contributed by atoms with van der Waals surface area (Å²) in [7, 11) is 0. The molecule has 6 nitrogen and oxygen atoms in total. The molecule has 1 saturated carbocycles. The molecule has 1 unspecified atom stereocenters. The molecule has 0 amide bonds. The third-order valence-electron chi connectivity index (χ3n) is 3.99. The molecule has 6 heteroatoms. The molecule has 0 spiro atoms. The molecule has 1 fully saturated rings. The highest BCUT2D eigenvalue weighted by Crippen LogP contribution is 2.29. The number of benzene rings is 1. The first kappa shape index (κ1) is 15.7. The highest BCUT2D eigenvalue weighted by Gasteiger charge is 2.19. The number of nitro benzene ring substituents is 1. The fourth-order valence-electron chi connectivity index (χ4n) is 2.86. The van der Waals surface area contributed by atoms with Gasteiger partial charge in [0.25, 0.3) is 5.69 Å². The number of nitro groups is 1. The van der Waals surface area contributed by atoms with Crippen molar-refractivity contribution in [3.63, 3.8) is 0 Å². The summed E-state index contributed by atoms with van der Waals surface area (Å²) >= 11 is 0. The maximum absolute atomic E-state index is 10.7. The first-order chi connectivity index (χ1) is 10.1. The van der Waals surface area contributed by atoms with Crippen LogP contribution in [0.15, 0.2) is 18.2 Å². The lowest BCUT2D eigenvalue weighted by atomic mass is 10.0. The number of non-ortho nitro benzene ring substituents is 1. The van der Waals surface area contributed by atoms with Gasteiger partial charge in [-0.2, -0.15) is 0 Å². The van der Waals surface area contributed by atoms with Gasteiger partial charge in [0.1, 0.15) is 12.4 Å². The Morgan fingerprint density at radius 1 is 1.43 bits per heavy atom. The summed E-state index contributed by atoms with van der Waals surface area (Å²) in [5.41, 5.74) is 6.17. The molecule has 1 atom stereocenters. The van der Waals surface area contributed by atoms with Gasteiger partial charge in [0, 0.05) is 24.2 Å². The molecule has 1 aliphatic carbocycles. The number of ether oxygens (including phenoxy) is 1. The minimum Gasteiger partial charge on any atom is -0.491 e. The molecular weight excluding hydrogens is 272 g/mol. The van der Waals surface area contributed by atoms with E-state index in [0.717, 1.165) is 6.42 Å². The Morgan fingerprint density at radius 3 is 2.76 bits per heavy atom. The van der Waals surface area contributed by atoms with Crippen molar-refractivity contribution in [1.29, 1.82) is 0 Å². The lowest BCUT2D eigenvalue weighted by molar-refractivity contribution is -0.384. The zero-order chi connectivity index (χ0) is 15.2. The van der Waals surface area contributed by atoms with Crippen LogP contribution in [-0.4, -0.2) is 22.7 Å². The summed E-state index contributed by atoms with van der Waals surface area (Å²) < 4.78 is 5.58. The quantitative estimate of drug-likeness (QED) is 0.594. The summed E-state index contributed by atoms with van der Waals surface area (Å²) in [6.45, 7) is 0.358. The van der Waals surface area contributed by atoms with Gasteiger partial charge in [-0.05, 0) is 18.4 Å². The van der Waals surface area contributed by atoms with E-state index in [1.807, 2.05) is 0 Å². The van der Waals surface area contributed by atoms with E-state index in [4.69, 9.17) is 10.5 Å². The molecule has 0 saturated heterocycles. The van der Waals surface area contributed by atoms with Crippen molar-refractivity contribution in [2.75, 3.05) is 6.61 Å². The van der Waals surface area contributed by atoms with Gasteiger partial charge in [-0.1, -0.05) is 25.7 Å². The standard InChI is InChI=1S/C15H22N2O4/c16-9-12-8-13(17(19)20)5-6-15(12)21-10-14(18)7-11-3-1-2-4-11/h5-6,8,11,14,18H,1-4,7,9-10,16H2. The largest absolute Gasteiger partial charge is 0.491 e. The third-order valence-corrected chi connectivity index (χ3v) is 3.99. The minimum absolute atomic E-state index is 0.00527.